The molecule has 0 aliphatic heterocycles. The Bertz CT molecular complexity index is 1160. The largest absolute Gasteiger partial charge is 0.452 e. The van der Waals surface area contributed by atoms with Crippen LogP contribution in [0.25, 0.3) is 0 Å². The maximum Gasteiger partial charge on any atom is 0.338 e. The molecule has 0 atom stereocenters. The minimum absolute atomic E-state index is 0.0683. The number of amides is 1. The predicted molar refractivity (Wildman–Crippen MR) is 107 cm³/mol. The van der Waals surface area contributed by atoms with Crippen LogP contribution in [0.2, 0.25) is 0 Å². The van der Waals surface area contributed by atoms with Crippen LogP contribution in [-0.2, 0) is 19.6 Å². The van der Waals surface area contributed by atoms with Gasteiger partial charge in [-0.15, -0.1) is 11.3 Å². The van der Waals surface area contributed by atoms with E-state index >= 15 is 0 Å². The molecule has 0 aliphatic rings. The lowest BCUT2D eigenvalue weighted by molar-refractivity contribution is -0.119. The Morgan fingerprint density at radius 1 is 1.03 bits per heavy atom. The number of carbonyl (C=O) groups is 2. The Kier molecular flexibility index (Phi) is 6.43. The van der Waals surface area contributed by atoms with Gasteiger partial charge in [-0.05, 0) is 47.8 Å². The van der Waals surface area contributed by atoms with Crippen molar-refractivity contribution < 1.29 is 31.5 Å². The van der Waals surface area contributed by atoms with Gasteiger partial charge in [0.1, 0.15) is 15.8 Å². The number of carbonyl (C=O) groups excluding carboxylic acids is 2. The Morgan fingerprint density at radius 2 is 1.77 bits per heavy atom. The Morgan fingerprint density at radius 3 is 2.43 bits per heavy atom. The summed E-state index contributed by atoms with van der Waals surface area (Å²) in [5.74, 6) is -3.28. The van der Waals surface area contributed by atoms with Crippen molar-refractivity contribution in [3.8, 4) is 0 Å². The number of halogens is 2. The molecule has 0 unspecified atom stereocenters. The molecule has 3 rings (SSSR count). The van der Waals surface area contributed by atoms with E-state index in [0.717, 1.165) is 29.5 Å². The zero-order valence-corrected chi connectivity index (χ0v) is 16.7. The molecule has 0 bridgehead atoms. The van der Waals surface area contributed by atoms with Crippen molar-refractivity contribution >= 4 is 44.6 Å². The van der Waals surface area contributed by atoms with Crippen LogP contribution < -0.4 is 10.0 Å². The number of hydrogen-bond acceptors (Lipinski definition) is 6. The lowest BCUT2D eigenvalue weighted by atomic mass is 10.2. The van der Waals surface area contributed by atoms with E-state index in [0.29, 0.717) is 0 Å². The van der Waals surface area contributed by atoms with Crippen LogP contribution >= 0.6 is 11.3 Å². The summed E-state index contributed by atoms with van der Waals surface area (Å²) in [4.78, 5) is 23.8. The van der Waals surface area contributed by atoms with E-state index in [9.17, 15) is 26.8 Å². The molecule has 0 saturated heterocycles. The van der Waals surface area contributed by atoms with Gasteiger partial charge in [0.05, 0.1) is 11.3 Å². The van der Waals surface area contributed by atoms with Gasteiger partial charge in [0, 0.05) is 11.8 Å². The molecular formula is C19H14F2N2O5S2. The van der Waals surface area contributed by atoms with Crippen LogP contribution in [-0.4, -0.2) is 26.9 Å². The fourth-order valence-electron chi connectivity index (χ4n) is 2.29. The average molecular weight is 452 g/mol. The number of nitrogens with one attached hydrogen (secondary N) is 2. The van der Waals surface area contributed by atoms with Crippen LogP contribution in [0.1, 0.15) is 10.4 Å². The molecule has 0 spiro atoms. The fraction of sp³-hybridized carbons (Fsp3) is 0.0526. The summed E-state index contributed by atoms with van der Waals surface area (Å²) >= 11 is 1.06. The lowest BCUT2D eigenvalue weighted by Gasteiger charge is -2.09. The Balaban J connectivity index is 1.56. The van der Waals surface area contributed by atoms with Gasteiger partial charge in [-0.25, -0.2) is 22.0 Å². The van der Waals surface area contributed by atoms with Crippen LogP contribution in [0.15, 0.2) is 64.2 Å². The number of rotatable bonds is 7. The van der Waals surface area contributed by atoms with Gasteiger partial charge in [0.2, 0.25) is 0 Å². The number of sulfonamides is 1. The van der Waals surface area contributed by atoms with Crippen LogP contribution in [0.4, 0.5) is 20.2 Å². The normalized spacial score (nSPS) is 11.0. The number of esters is 1. The highest BCUT2D eigenvalue weighted by molar-refractivity contribution is 7.94. The van der Waals surface area contributed by atoms with E-state index in [1.807, 2.05) is 0 Å². The smallest absolute Gasteiger partial charge is 0.338 e. The second kappa shape index (κ2) is 9.01. The van der Waals surface area contributed by atoms with E-state index in [4.69, 9.17) is 4.74 Å². The molecule has 0 aliphatic carbocycles. The SMILES string of the molecule is O=C(COC(=O)c1ccc(NS(=O)(=O)c2cccs2)cc1)Nc1cc(F)ccc1F. The summed E-state index contributed by atoms with van der Waals surface area (Å²) in [5, 5.41) is 3.73. The predicted octanol–water partition coefficient (Wildman–Crippen LogP) is 3.62. The lowest BCUT2D eigenvalue weighted by Crippen LogP contribution is -2.21. The van der Waals surface area contributed by atoms with E-state index in [-0.39, 0.29) is 21.1 Å². The van der Waals surface area contributed by atoms with Crippen molar-refractivity contribution in [1.82, 2.24) is 0 Å². The molecule has 30 heavy (non-hydrogen) atoms. The molecule has 3 aromatic rings. The minimum atomic E-state index is -3.72. The second-order valence-corrected chi connectivity index (χ2v) is 8.72. The number of hydrogen-bond donors (Lipinski definition) is 2. The second-order valence-electron chi connectivity index (χ2n) is 5.86. The van der Waals surface area contributed by atoms with Crippen molar-refractivity contribution in [2.45, 2.75) is 4.21 Å². The minimum Gasteiger partial charge on any atom is -0.452 e. The Labute approximate surface area is 174 Å². The van der Waals surface area contributed by atoms with Gasteiger partial charge in [-0.1, -0.05) is 6.07 Å². The van der Waals surface area contributed by atoms with E-state index in [1.54, 1.807) is 11.4 Å². The van der Waals surface area contributed by atoms with Crippen molar-refractivity contribution in [1.29, 1.82) is 0 Å². The number of benzene rings is 2. The third kappa shape index (κ3) is 5.39. The molecular weight excluding hydrogens is 438 g/mol. The molecule has 7 nitrogen and oxygen atoms in total. The summed E-state index contributed by atoms with van der Waals surface area (Å²) in [6.45, 7) is -0.721. The summed E-state index contributed by atoms with van der Waals surface area (Å²) in [6, 6.07) is 11.0. The van der Waals surface area contributed by atoms with E-state index in [2.05, 4.69) is 10.0 Å². The first kappa shape index (κ1) is 21.4. The third-order valence-electron chi connectivity index (χ3n) is 3.67. The van der Waals surface area contributed by atoms with Gasteiger partial charge in [-0.2, -0.15) is 0 Å². The average Bonchev–Trinajstić information content (AvgIpc) is 3.25. The van der Waals surface area contributed by atoms with Gasteiger partial charge in [0.15, 0.2) is 6.61 Å². The molecule has 1 amide bonds. The van der Waals surface area contributed by atoms with Crippen molar-refractivity contribution in [3.63, 3.8) is 0 Å². The maximum atomic E-state index is 13.5. The summed E-state index contributed by atoms with van der Waals surface area (Å²) in [6.07, 6.45) is 0. The standard InChI is InChI=1S/C19H14F2N2O5S2/c20-13-5-8-15(21)16(10-13)22-17(24)11-28-19(25)12-3-6-14(7-4-12)23-30(26,27)18-2-1-9-29-18/h1-10,23H,11H2,(H,22,24). The highest BCUT2D eigenvalue weighted by Crippen LogP contribution is 2.20. The maximum absolute atomic E-state index is 13.5. The van der Waals surface area contributed by atoms with Gasteiger partial charge in [-0.3, -0.25) is 9.52 Å². The van der Waals surface area contributed by atoms with Crippen molar-refractivity contribution in [2.24, 2.45) is 0 Å². The first-order valence-corrected chi connectivity index (χ1v) is 10.7. The molecule has 0 saturated carbocycles. The molecule has 0 radical (unpaired) electrons. The molecule has 0 fully saturated rings. The van der Waals surface area contributed by atoms with Crippen molar-refractivity contribution in [3.05, 3.63) is 77.2 Å². The molecule has 1 heterocycles. The van der Waals surface area contributed by atoms with E-state index in [1.165, 1.54) is 30.3 Å². The van der Waals surface area contributed by atoms with Crippen LogP contribution in [0.5, 0.6) is 0 Å². The molecule has 11 heteroatoms. The zero-order chi connectivity index (χ0) is 21.7. The summed E-state index contributed by atoms with van der Waals surface area (Å²) in [7, 11) is -3.72. The highest BCUT2D eigenvalue weighted by Gasteiger charge is 2.16. The number of thiophene rings is 1. The monoisotopic (exact) mass is 452 g/mol. The van der Waals surface area contributed by atoms with Crippen LogP contribution in [0, 0.1) is 11.6 Å². The first-order chi connectivity index (χ1) is 14.2. The number of anilines is 2. The van der Waals surface area contributed by atoms with Crippen LogP contribution in [0.3, 0.4) is 0 Å². The first-order valence-electron chi connectivity index (χ1n) is 8.33. The van der Waals surface area contributed by atoms with Gasteiger partial charge >= 0.3 is 5.97 Å². The Hall–Kier alpha value is -3.31. The third-order valence-corrected chi connectivity index (χ3v) is 6.45. The highest BCUT2D eigenvalue weighted by atomic mass is 32.2. The molecule has 1 aromatic heterocycles. The van der Waals surface area contributed by atoms with Crippen molar-refractivity contribution in [2.75, 3.05) is 16.6 Å². The summed E-state index contributed by atoms with van der Waals surface area (Å²) < 4.78 is 58.3. The van der Waals surface area contributed by atoms with E-state index < -0.39 is 40.1 Å². The van der Waals surface area contributed by atoms with Gasteiger partial charge < -0.3 is 10.1 Å². The van der Waals surface area contributed by atoms with Gasteiger partial charge in [0.25, 0.3) is 15.9 Å². The fourth-order valence-corrected chi connectivity index (χ4v) is 4.34. The summed E-state index contributed by atoms with van der Waals surface area (Å²) in [5.41, 5.74) is -0.0727. The number of ether oxygens (including phenoxy) is 1. The quantitative estimate of drug-likeness (QED) is 0.533. The molecule has 156 valence electrons. The topological polar surface area (TPSA) is 102 Å². The zero-order valence-electron chi connectivity index (χ0n) is 15.1. The molecule has 2 N–H and O–H groups in total. The molecule has 2 aromatic carbocycles.